The summed E-state index contributed by atoms with van der Waals surface area (Å²) in [6, 6.07) is 2.49. The van der Waals surface area contributed by atoms with Crippen molar-refractivity contribution in [2.24, 2.45) is 5.92 Å². The third-order valence-electron chi connectivity index (χ3n) is 3.41. The van der Waals surface area contributed by atoms with Crippen molar-refractivity contribution in [2.75, 3.05) is 7.05 Å². The van der Waals surface area contributed by atoms with Crippen LogP contribution in [0.2, 0.25) is 0 Å². The van der Waals surface area contributed by atoms with Crippen molar-refractivity contribution in [3.63, 3.8) is 0 Å². The SMILES string of the molecule is CNC(CC1CCCC1)c1ccoc1Br. The van der Waals surface area contributed by atoms with E-state index in [0.717, 1.165) is 10.6 Å². The van der Waals surface area contributed by atoms with Crippen LogP contribution in [-0.2, 0) is 0 Å². The van der Waals surface area contributed by atoms with Crippen molar-refractivity contribution in [1.82, 2.24) is 5.32 Å². The van der Waals surface area contributed by atoms with Gasteiger partial charge in [0, 0.05) is 11.6 Å². The Kier molecular flexibility index (Phi) is 3.87. The van der Waals surface area contributed by atoms with Gasteiger partial charge in [-0.1, -0.05) is 25.7 Å². The lowest BCUT2D eigenvalue weighted by atomic mass is 9.95. The number of rotatable bonds is 4. The van der Waals surface area contributed by atoms with Crippen LogP contribution in [0, 0.1) is 5.92 Å². The predicted molar refractivity (Wildman–Crippen MR) is 64.8 cm³/mol. The molecule has 0 spiro atoms. The molecule has 1 aromatic heterocycles. The highest BCUT2D eigenvalue weighted by Gasteiger charge is 2.22. The summed E-state index contributed by atoms with van der Waals surface area (Å²) in [5.41, 5.74) is 1.25. The minimum absolute atomic E-state index is 0.432. The second-order valence-electron chi connectivity index (χ2n) is 4.38. The normalized spacial score (nSPS) is 19.6. The molecule has 1 fully saturated rings. The molecule has 15 heavy (non-hydrogen) atoms. The molecule has 1 aliphatic carbocycles. The summed E-state index contributed by atoms with van der Waals surface area (Å²) in [6.45, 7) is 0. The molecule has 2 rings (SSSR count). The number of hydrogen-bond acceptors (Lipinski definition) is 2. The largest absolute Gasteiger partial charge is 0.457 e. The number of nitrogens with one attached hydrogen (secondary N) is 1. The monoisotopic (exact) mass is 271 g/mol. The summed E-state index contributed by atoms with van der Waals surface area (Å²) >= 11 is 3.45. The van der Waals surface area contributed by atoms with Crippen molar-refractivity contribution in [1.29, 1.82) is 0 Å². The average molecular weight is 272 g/mol. The molecule has 2 nitrogen and oxygen atoms in total. The summed E-state index contributed by atoms with van der Waals surface area (Å²) in [6.07, 6.45) is 8.59. The maximum atomic E-state index is 5.29. The van der Waals surface area contributed by atoms with E-state index >= 15 is 0 Å². The fraction of sp³-hybridized carbons (Fsp3) is 0.667. The fourth-order valence-corrected chi connectivity index (χ4v) is 3.05. The molecule has 1 aromatic rings. The number of hydrogen-bond donors (Lipinski definition) is 1. The van der Waals surface area contributed by atoms with E-state index in [2.05, 4.69) is 27.3 Å². The lowest BCUT2D eigenvalue weighted by molar-refractivity contribution is 0.408. The smallest absolute Gasteiger partial charge is 0.173 e. The first-order valence-electron chi connectivity index (χ1n) is 5.71. The third kappa shape index (κ3) is 2.64. The Hall–Kier alpha value is -0.280. The topological polar surface area (TPSA) is 25.2 Å². The van der Waals surface area contributed by atoms with Crippen molar-refractivity contribution >= 4 is 15.9 Å². The van der Waals surface area contributed by atoms with Gasteiger partial charge in [-0.05, 0) is 41.4 Å². The maximum Gasteiger partial charge on any atom is 0.173 e. The van der Waals surface area contributed by atoms with Crippen molar-refractivity contribution in [3.05, 3.63) is 22.6 Å². The van der Waals surface area contributed by atoms with Gasteiger partial charge in [-0.3, -0.25) is 0 Å². The predicted octanol–water partition coefficient (Wildman–Crippen LogP) is 3.88. The fourth-order valence-electron chi connectivity index (χ4n) is 2.53. The molecule has 0 radical (unpaired) electrons. The van der Waals surface area contributed by atoms with E-state index in [9.17, 15) is 0 Å². The van der Waals surface area contributed by atoms with Crippen LogP contribution in [0.4, 0.5) is 0 Å². The van der Waals surface area contributed by atoms with Gasteiger partial charge in [0.25, 0.3) is 0 Å². The molecular weight excluding hydrogens is 254 g/mol. The maximum absolute atomic E-state index is 5.29. The molecule has 0 aliphatic heterocycles. The Labute approximate surface area is 99.6 Å². The van der Waals surface area contributed by atoms with E-state index in [1.165, 1.54) is 37.7 Å². The highest BCUT2D eigenvalue weighted by atomic mass is 79.9. The van der Waals surface area contributed by atoms with Crippen LogP contribution < -0.4 is 5.32 Å². The quantitative estimate of drug-likeness (QED) is 0.899. The van der Waals surface area contributed by atoms with Crippen LogP contribution in [-0.4, -0.2) is 7.05 Å². The van der Waals surface area contributed by atoms with Crippen LogP contribution in [0.1, 0.15) is 43.7 Å². The third-order valence-corrected chi connectivity index (χ3v) is 4.06. The van der Waals surface area contributed by atoms with E-state index < -0.39 is 0 Å². The molecule has 84 valence electrons. The molecule has 1 unspecified atom stereocenters. The first-order valence-corrected chi connectivity index (χ1v) is 6.50. The van der Waals surface area contributed by atoms with E-state index in [4.69, 9.17) is 4.42 Å². The van der Waals surface area contributed by atoms with Gasteiger partial charge in [0.2, 0.25) is 0 Å². The molecule has 0 aromatic carbocycles. The van der Waals surface area contributed by atoms with Crippen LogP contribution in [0.5, 0.6) is 0 Å². The Morgan fingerprint density at radius 1 is 1.53 bits per heavy atom. The van der Waals surface area contributed by atoms with Crippen LogP contribution in [0.3, 0.4) is 0 Å². The van der Waals surface area contributed by atoms with E-state index in [-0.39, 0.29) is 0 Å². The summed E-state index contributed by atoms with van der Waals surface area (Å²) in [5.74, 6) is 0.893. The second-order valence-corrected chi connectivity index (χ2v) is 5.10. The van der Waals surface area contributed by atoms with Gasteiger partial charge in [0.05, 0.1) is 6.26 Å². The minimum atomic E-state index is 0.432. The molecule has 0 bridgehead atoms. The van der Waals surface area contributed by atoms with Crippen LogP contribution in [0.25, 0.3) is 0 Å². The van der Waals surface area contributed by atoms with E-state index in [1.54, 1.807) is 6.26 Å². The van der Waals surface area contributed by atoms with Crippen molar-refractivity contribution in [2.45, 2.75) is 38.1 Å². The first kappa shape index (κ1) is 11.2. The number of furan rings is 1. The summed E-state index contributed by atoms with van der Waals surface area (Å²) in [7, 11) is 2.03. The zero-order valence-electron chi connectivity index (χ0n) is 9.13. The first-order chi connectivity index (χ1) is 7.31. The lowest BCUT2D eigenvalue weighted by Crippen LogP contribution is -2.18. The molecule has 0 saturated heterocycles. The van der Waals surface area contributed by atoms with Gasteiger partial charge < -0.3 is 9.73 Å². The van der Waals surface area contributed by atoms with Gasteiger partial charge in [0.1, 0.15) is 0 Å². The van der Waals surface area contributed by atoms with Gasteiger partial charge in [-0.25, -0.2) is 0 Å². The zero-order chi connectivity index (χ0) is 10.7. The molecule has 1 saturated carbocycles. The summed E-state index contributed by atoms with van der Waals surface area (Å²) in [5, 5.41) is 3.38. The standard InChI is InChI=1S/C12H18BrNO/c1-14-11(8-9-4-2-3-5-9)10-6-7-15-12(10)13/h6-7,9,11,14H,2-5,8H2,1H3. The number of halogens is 1. The Morgan fingerprint density at radius 3 is 2.80 bits per heavy atom. The molecule has 1 N–H and O–H groups in total. The molecular formula is C12H18BrNO. The molecule has 1 heterocycles. The minimum Gasteiger partial charge on any atom is -0.457 e. The van der Waals surface area contributed by atoms with Gasteiger partial charge in [0.15, 0.2) is 4.67 Å². The molecule has 1 atom stereocenters. The van der Waals surface area contributed by atoms with E-state index in [0.29, 0.717) is 6.04 Å². The van der Waals surface area contributed by atoms with Gasteiger partial charge >= 0.3 is 0 Å². The van der Waals surface area contributed by atoms with Crippen LogP contribution >= 0.6 is 15.9 Å². The summed E-state index contributed by atoms with van der Waals surface area (Å²) < 4.78 is 6.16. The Balaban J connectivity index is 2.00. The summed E-state index contributed by atoms with van der Waals surface area (Å²) in [4.78, 5) is 0. The Bertz CT molecular complexity index is 304. The zero-order valence-corrected chi connectivity index (χ0v) is 10.7. The highest BCUT2D eigenvalue weighted by molar-refractivity contribution is 9.10. The Morgan fingerprint density at radius 2 is 2.27 bits per heavy atom. The van der Waals surface area contributed by atoms with E-state index in [1.807, 2.05) is 7.05 Å². The van der Waals surface area contributed by atoms with Gasteiger partial charge in [-0.2, -0.15) is 0 Å². The highest BCUT2D eigenvalue weighted by Crippen LogP contribution is 2.35. The van der Waals surface area contributed by atoms with Crippen molar-refractivity contribution in [3.8, 4) is 0 Å². The van der Waals surface area contributed by atoms with Crippen molar-refractivity contribution < 1.29 is 4.42 Å². The second kappa shape index (κ2) is 5.17. The van der Waals surface area contributed by atoms with Gasteiger partial charge in [-0.15, -0.1) is 0 Å². The molecule has 0 amide bonds. The average Bonchev–Trinajstić information content (AvgIpc) is 2.85. The van der Waals surface area contributed by atoms with Crippen LogP contribution in [0.15, 0.2) is 21.4 Å². The molecule has 3 heteroatoms. The lowest BCUT2D eigenvalue weighted by Gasteiger charge is -2.19. The molecule has 1 aliphatic rings.